The van der Waals surface area contributed by atoms with Crippen LogP contribution in [0.15, 0.2) is 78.9 Å². The first-order chi connectivity index (χ1) is 22.3. The van der Waals surface area contributed by atoms with Gasteiger partial charge in [-0.25, -0.2) is 0 Å². The van der Waals surface area contributed by atoms with Gasteiger partial charge in [0.05, 0.1) is 6.04 Å². The minimum atomic E-state index is -1.60. The van der Waals surface area contributed by atoms with Crippen molar-refractivity contribution in [1.29, 1.82) is 0 Å². The second kappa shape index (κ2) is 15.9. The maximum atomic E-state index is 13.9. The molecule has 1 aliphatic heterocycles. The van der Waals surface area contributed by atoms with Crippen molar-refractivity contribution in [3.63, 3.8) is 0 Å². The molecule has 1 saturated heterocycles. The van der Waals surface area contributed by atoms with Gasteiger partial charge in [0.2, 0.25) is 11.8 Å². The van der Waals surface area contributed by atoms with Crippen molar-refractivity contribution >= 4 is 29.1 Å². The predicted molar refractivity (Wildman–Crippen MR) is 181 cm³/mol. The second-order valence-electron chi connectivity index (χ2n) is 12.7. The minimum absolute atomic E-state index is 0.0277. The Morgan fingerprint density at radius 1 is 0.935 bits per heavy atom. The number of nitrogens with one attached hydrogen (secondary N) is 4. The number of nitrogens with zero attached hydrogens (tertiary/aromatic N) is 1. The van der Waals surface area contributed by atoms with Gasteiger partial charge in [0.15, 0.2) is 0 Å². The third-order valence-corrected chi connectivity index (χ3v) is 8.92. The summed E-state index contributed by atoms with van der Waals surface area (Å²) in [5, 5.41) is 24.6. The summed E-state index contributed by atoms with van der Waals surface area (Å²) in [5.41, 5.74) is 2.06. The van der Waals surface area contributed by atoms with E-state index < -0.39 is 17.7 Å². The fourth-order valence-corrected chi connectivity index (χ4v) is 6.29. The van der Waals surface area contributed by atoms with Crippen LogP contribution >= 0.6 is 0 Å². The quantitative estimate of drug-likeness (QED) is 0.163. The Bertz CT molecular complexity index is 1460. The van der Waals surface area contributed by atoms with Crippen molar-refractivity contribution in [2.45, 2.75) is 89.1 Å². The van der Waals surface area contributed by atoms with Crippen molar-refractivity contribution in [2.24, 2.45) is 0 Å². The molecule has 3 amide bonds. The average Bonchev–Trinajstić information content (AvgIpc) is 3.50. The lowest BCUT2D eigenvalue weighted by Crippen LogP contribution is -2.53. The Morgan fingerprint density at radius 3 is 2.30 bits per heavy atom. The van der Waals surface area contributed by atoms with Crippen LogP contribution in [0.3, 0.4) is 0 Å². The van der Waals surface area contributed by atoms with Gasteiger partial charge in [0.1, 0.15) is 5.72 Å². The normalized spacial score (nSPS) is 17.3. The van der Waals surface area contributed by atoms with Crippen molar-refractivity contribution in [3.05, 3.63) is 95.6 Å². The monoisotopic (exact) mass is 625 g/mol. The zero-order valence-corrected chi connectivity index (χ0v) is 26.8. The van der Waals surface area contributed by atoms with Crippen molar-refractivity contribution < 1.29 is 19.5 Å². The van der Waals surface area contributed by atoms with Crippen LogP contribution in [0.1, 0.15) is 79.8 Å². The van der Waals surface area contributed by atoms with E-state index in [1.165, 1.54) is 6.42 Å². The topological polar surface area (TPSA) is 123 Å². The molecular formula is C37H47N5O4. The lowest BCUT2D eigenvalue weighted by atomic mass is 9.95. The summed E-state index contributed by atoms with van der Waals surface area (Å²) in [6.45, 7) is 3.28. The van der Waals surface area contributed by atoms with Crippen molar-refractivity contribution in [1.82, 2.24) is 16.0 Å². The summed E-state index contributed by atoms with van der Waals surface area (Å²) in [4.78, 5) is 41.0. The average molecular weight is 626 g/mol. The first-order valence-corrected chi connectivity index (χ1v) is 16.6. The maximum absolute atomic E-state index is 13.9. The molecule has 0 aromatic heterocycles. The molecule has 0 bridgehead atoms. The van der Waals surface area contributed by atoms with E-state index in [2.05, 4.69) is 21.3 Å². The molecule has 9 heteroatoms. The van der Waals surface area contributed by atoms with Crippen molar-refractivity contribution in [3.8, 4) is 0 Å². The first kappa shape index (κ1) is 33.2. The second-order valence-corrected chi connectivity index (χ2v) is 12.7. The number of anilines is 2. The first-order valence-electron chi connectivity index (χ1n) is 16.6. The molecule has 0 spiro atoms. The fraction of sp³-hybridized carbons (Fsp3) is 0.432. The number of carbonyl (C=O) groups is 3. The van der Waals surface area contributed by atoms with E-state index in [9.17, 15) is 19.5 Å². The molecule has 1 heterocycles. The van der Waals surface area contributed by atoms with Crippen LogP contribution in [0.25, 0.3) is 0 Å². The van der Waals surface area contributed by atoms with Gasteiger partial charge in [0.25, 0.3) is 5.91 Å². The molecule has 244 valence electrons. The zero-order valence-electron chi connectivity index (χ0n) is 26.8. The number of hydrogen-bond acceptors (Lipinski definition) is 6. The highest BCUT2D eigenvalue weighted by atomic mass is 16.3. The molecule has 2 atom stereocenters. The van der Waals surface area contributed by atoms with Crippen LogP contribution in [0.2, 0.25) is 0 Å². The van der Waals surface area contributed by atoms with Crippen LogP contribution in [0.5, 0.6) is 0 Å². The number of aliphatic hydroxyl groups is 1. The largest absolute Gasteiger partial charge is 0.381 e. The van der Waals surface area contributed by atoms with Crippen LogP contribution in [0.4, 0.5) is 11.4 Å². The SMILES string of the molecule is C[C@H](NCCC(O)(Cc1ccccc1)NC(=O)c1cc(NCc2ccccc2)cc(N2CCCC2=O)c1)C(=O)NC1CCCCC1. The number of benzene rings is 3. The van der Waals surface area contributed by atoms with Gasteiger partial charge in [-0.15, -0.1) is 0 Å². The van der Waals surface area contributed by atoms with Crippen LogP contribution in [-0.4, -0.2) is 53.7 Å². The number of amides is 3. The predicted octanol–water partition coefficient (Wildman–Crippen LogP) is 4.90. The van der Waals surface area contributed by atoms with Gasteiger partial charge in [-0.2, -0.15) is 0 Å². The van der Waals surface area contributed by atoms with Crippen LogP contribution in [-0.2, 0) is 22.6 Å². The third-order valence-electron chi connectivity index (χ3n) is 8.92. The summed E-state index contributed by atoms with van der Waals surface area (Å²) in [6, 6.07) is 24.6. The lowest BCUT2D eigenvalue weighted by molar-refractivity contribution is -0.123. The Kier molecular flexibility index (Phi) is 11.4. The molecule has 5 N–H and O–H groups in total. The van der Waals surface area contributed by atoms with Crippen molar-refractivity contribution in [2.75, 3.05) is 23.3 Å². The molecule has 1 aliphatic carbocycles. The molecule has 1 saturated carbocycles. The van der Waals surface area contributed by atoms with E-state index in [-0.39, 0.29) is 30.7 Å². The molecular weight excluding hydrogens is 578 g/mol. The molecule has 3 aromatic carbocycles. The Morgan fingerprint density at radius 2 is 1.63 bits per heavy atom. The van der Waals surface area contributed by atoms with Gasteiger partial charge in [-0.1, -0.05) is 79.9 Å². The van der Waals surface area contributed by atoms with Gasteiger partial charge in [-0.3, -0.25) is 14.4 Å². The third kappa shape index (κ3) is 9.40. The summed E-state index contributed by atoms with van der Waals surface area (Å²) >= 11 is 0. The number of carbonyl (C=O) groups excluding carboxylic acids is 3. The maximum Gasteiger partial charge on any atom is 0.253 e. The molecule has 3 aromatic rings. The van der Waals surface area contributed by atoms with Crippen LogP contribution < -0.4 is 26.2 Å². The molecule has 5 rings (SSSR count). The Hall–Kier alpha value is -4.21. The number of hydrogen-bond donors (Lipinski definition) is 5. The van der Waals surface area contributed by atoms with E-state index in [0.717, 1.165) is 43.2 Å². The van der Waals surface area contributed by atoms with Gasteiger partial charge in [-0.05, 0) is 55.5 Å². The standard InChI is InChI=1S/C37H47N5O4/c1-27(35(44)40-31-16-9-4-10-17-31)38-20-19-37(46,25-28-12-5-2-6-13-28)41-36(45)30-22-32(39-26-29-14-7-3-8-15-29)24-33(23-30)42-21-11-18-34(42)43/h2-3,5-8,12-15,22-24,27,31,38-39,46H,4,9-11,16-21,25-26H2,1H3,(H,40,44)(H,41,45)/t27-,37?/m0/s1. The molecule has 2 aliphatic rings. The fourth-order valence-electron chi connectivity index (χ4n) is 6.29. The highest BCUT2D eigenvalue weighted by molar-refractivity contribution is 6.00. The number of rotatable bonds is 14. The van der Waals surface area contributed by atoms with Gasteiger partial charge in [0, 0.05) is 61.9 Å². The summed E-state index contributed by atoms with van der Waals surface area (Å²) in [7, 11) is 0. The highest BCUT2D eigenvalue weighted by Gasteiger charge is 2.31. The molecule has 46 heavy (non-hydrogen) atoms. The summed E-state index contributed by atoms with van der Waals surface area (Å²) in [5.74, 6) is -0.469. The van der Waals surface area contributed by atoms with Gasteiger partial charge >= 0.3 is 0 Å². The van der Waals surface area contributed by atoms with E-state index in [1.54, 1.807) is 17.0 Å². The summed E-state index contributed by atoms with van der Waals surface area (Å²) < 4.78 is 0. The van der Waals surface area contributed by atoms with E-state index in [4.69, 9.17) is 0 Å². The van der Waals surface area contributed by atoms with Crippen LogP contribution in [0, 0.1) is 0 Å². The Labute approximate surface area is 272 Å². The van der Waals surface area contributed by atoms with E-state index >= 15 is 0 Å². The van der Waals surface area contributed by atoms with Gasteiger partial charge < -0.3 is 31.3 Å². The smallest absolute Gasteiger partial charge is 0.253 e. The molecule has 1 unspecified atom stereocenters. The highest BCUT2D eigenvalue weighted by Crippen LogP contribution is 2.28. The molecule has 0 radical (unpaired) electrons. The molecule has 2 fully saturated rings. The Balaban J connectivity index is 1.30. The van der Waals surface area contributed by atoms with E-state index in [0.29, 0.717) is 43.0 Å². The summed E-state index contributed by atoms with van der Waals surface area (Å²) in [6.07, 6.45) is 7.13. The minimum Gasteiger partial charge on any atom is -0.381 e. The van der Waals surface area contributed by atoms with E-state index in [1.807, 2.05) is 73.7 Å². The molecule has 9 nitrogen and oxygen atoms in total. The zero-order chi connectivity index (χ0) is 32.4. The lowest BCUT2D eigenvalue weighted by Gasteiger charge is -2.31.